The van der Waals surface area contributed by atoms with Gasteiger partial charge in [-0.05, 0) is 47.9 Å². The lowest BCUT2D eigenvalue weighted by molar-refractivity contribution is -0.274. The molecule has 0 aliphatic heterocycles. The molecule has 2 rings (SSSR count). The summed E-state index contributed by atoms with van der Waals surface area (Å²) in [7, 11) is 0. The van der Waals surface area contributed by atoms with Gasteiger partial charge >= 0.3 is 12.5 Å². The van der Waals surface area contributed by atoms with Crippen molar-refractivity contribution < 1.29 is 31.1 Å². The van der Waals surface area contributed by atoms with Crippen LogP contribution in [-0.2, 0) is 12.6 Å². The van der Waals surface area contributed by atoms with Gasteiger partial charge in [-0.1, -0.05) is 24.3 Å². The van der Waals surface area contributed by atoms with Gasteiger partial charge in [0, 0.05) is 0 Å². The SMILES string of the molecule is NCCc1c(-c2cccc(OC(F)(F)F)c2)cccc1C(F)(F)F. The molecule has 24 heavy (non-hydrogen) atoms. The highest BCUT2D eigenvalue weighted by atomic mass is 19.4. The van der Waals surface area contributed by atoms with Crippen LogP contribution >= 0.6 is 0 Å². The average Bonchev–Trinajstić information content (AvgIpc) is 2.45. The van der Waals surface area contributed by atoms with Crippen molar-refractivity contribution in [2.75, 3.05) is 6.54 Å². The molecule has 0 fully saturated rings. The third-order valence-electron chi connectivity index (χ3n) is 3.25. The summed E-state index contributed by atoms with van der Waals surface area (Å²) in [5.74, 6) is -0.504. The second kappa shape index (κ2) is 6.72. The zero-order valence-electron chi connectivity index (χ0n) is 12.2. The van der Waals surface area contributed by atoms with Gasteiger partial charge in [0.2, 0.25) is 0 Å². The molecule has 0 spiro atoms. The van der Waals surface area contributed by atoms with Gasteiger partial charge in [0.05, 0.1) is 5.56 Å². The third kappa shape index (κ3) is 4.41. The van der Waals surface area contributed by atoms with E-state index in [4.69, 9.17) is 5.73 Å². The third-order valence-corrected chi connectivity index (χ3v) is 3.25. The summed E-state index contributed by atoms with van der Waals surface area (Å²) in [6.45, 7) is -0.0289. The van der Waals surface area contributed by atoms with E-state index in [-0.39, 0.29) is 29.7 Å². The molecule has 0 aromatic heterocycles. The van der Waals surface area contributed by atoms with Crippen molar-refractivity contribution in [2.45, 2.75) is 19.0 Å². The quantitative estimate of drug-likeness (QED) is 0.807. The first-order valence-electron chi connectivity index (χ1n) is 6.87. The Balaban J connectivity index is 2.54. The second-order valence-corrected chi connectivity index (χ2v) is 4.94. The topological polar surface area (TPSA) is 35.2 Å². The molecule has 0 bridgehead atoms. The van der Waals surface area contributed by atoms with Gasteiger partial charge in [0.25, 0.3) is 0 Å². The fraction of sp³-hybridized carbons (Fsp3) is 0.250. The summed E-state index contributed by atoms with van der Waals surface area (Å²) in [5.41, 5.74) is 4.84. The van der Waals surface area contributed by atoms with Gasteiger partial charge in [-0.3, -0.25) is 0 Å². The average molecular weight is 349 g/mol. The lowest BCUT2D eigenvalue weighted by atomic mass is 9.93. The van der Waals surface area contributed by atoms with Crippen LogP contribution in [0.1, 0.15) is 11.1 Å². The number of hydrogen-bond donors (Lipinski definition) is 1. The van der Waals surface area contributed by atoms with Crippen LogP contribution in [0.25, 0.3) is 11.1 Å². The highest BCUT2D eigenvalue weighted by Gasteiger charge is 2.34. The number of hydrogen-bond acceptors (Lipinski definition) is 2. The monoisotopic (exact) mass is 349 g/mol. The van der Waals surface area contributed by atoms with E-state index in [1.165, 1.54) is 24.3 Å². The highest BCUT2D eigenvalue weighted by molar-refractivity contribution is 5.70. The molecule has 0 saturated carbocycles. The van der Waals surface area contributed by atoms with Crippen LogP contribution in [0.3, 0.4) is 0 Å². The summed E-state index contributed by atoms with van der Waals surface area (Å²) >= 11 is 0. The maximum absolute atomic E-state index is 13.2. The molecule has 0 saturated heterocycles. The molecule has 2 aromatic rings. The molecule has 2 N–H and O–H groups in total. The largest absolute Gasteiger partial charge is 0.573 e. The van der Waals surface area contributed by atoms with E-state index < -0.39 is 23.9 Å². The lowest BCUT2D eigenvalue weighted by Gasteiger charge is -2.17. The molecule has 0 atom stereocenters. The fourth-order valence-corrected chi connectivity index (χ4v) is 2.40. The standard InChI is InChI=1S/C16H13F6NO/c17-15(18,19)14-6-2-5-12(13(14)7-8-23)10-3-1-4-11(9-10)24-16(20,21)22/h1-6,9H,7-8,23H2. The van der Waals surface area contributed by atoms with Crippen LogP contribution in [0.5, 0.6) is 5.75 Å². The van der Waals surface area contributed by atoms with E-state index in [0.717, 1.165) is 18.2 Å². The molecule has 0 radical (unpaired) electrons. The summed E-state index contributed by atoms with van der Waals surface area (Å²) in [4.78, 5) is 0. The van der Waals surface area contributed by atoms with Gasteiger partial charge in [-0.2, -0.15) is 13.2 Å². The Morgan fingerprint density at radius 1 is 0.917 bits per heavy atom. The van der Waals surface area contributed by atoms with Crippen molar-refractivity contribution in [3.05, 3.63) is 53.6 Å². The first-order valence-corrected chi connectivity index (χ1v) is 6.87. The van der Waals surface area contributed by atoms with Crippen molar-refractivity contribution in [1.82, 2.24) is 0 Å². The maximum Gasteiger partial charge on any atom is 0.573 e. The smallest absolute Gasteiger partial charge is 0.406 e. The predicted octanol–water partition coefficient (Wildman–Crippen LogP) is 4.77. The van der Waals surface area contributed by atoms with Crippen molar-refractivity contribution in [3.8, 4) is 16.9 Å². The summed E-state index contributed by atoms with van der Waals surface area (Å²) in [5, 5.41) is 0. The van der Waals surface area contributed by atoms with Crippen LogP contribution in [-0.4, -0.2) is 12.9 Å². The molecule has 0 unspecified atom stereocenters. The summed E-state index contributed by atoms with van der Waals surface area (Å²) in [6, 6.07) is 8.35. The van der Waals surface area contributed by atoms with Crippen molar-refractivity contribution >= 4 is 0 Å². The summed E-state index contributed by atoms with van der Waals surface area (Å²) in [6.07, 6.45) is -9.53. The number of nitrogens with two attached hydrogens (primary N) is 1. The minimum absolute atomic E-state index is 0.0289. The van der Waals surface area contributed by atoms with Gasteiger partial charge < -0.3 is 10.5 Å². The Bertz CT molecular complexity index is 708. The van der Waals surface area contributed by atoms with E-state index in [9.17, 15) is 26.3 Å². The van der Waals surface area contributed by atoms with Gasteiger partial charge in [-0.15, -0.1) is 13.2 Å². The lowest BCUT2D eigenvalue weighted by Crippen LogP contribution is -2.17. The number of benzene rings is 2. The number of rotatable bonds is 4. The van der Waals surface area contributed by atoms with Crippen molar-refractivity contribution in [1.29, 1.82) is 0 Å². The minimum atomic E-state index is -4.88. The van der Waals surface area contributed by atoms with Gasteiger partial charge in [0.1, 0.15) is 5.75 Å². The van der Waals surface area contributed by atoms with Crippen LogP contribution in [0.4, 0.5) is 26.3 Å². The van der Waals surface area contributed by atoms with Crippen molar-refractivity contribution in [3.63, 3.8) is 0 Å². The zero-order chi connectivity index (χ0) is 18.0. The Hall–Kier alpha value is -2.22. The zero-order valence-corrected chi connectivity index (χ0v) is 12.2. The van der Waals surface area contributed by atoms with E-state index >= 15 is 0 Å². The Morgan fingerprint density at radius 3 is 2.17 bits per heavy atom. The molecule has 0 amide bonds. The minimum Gasteiger partial charge on any atom is -0.406 e. The van der Waals surface area contributed by atoms with Crippen LogP contribution < -0.4 is 10.5 Å². The molecule has 0 heterocycles. The molecular weight excluding hydrogens is 336 g/mol. The second-order valence-electron chi connectivity index (χ2n) is 4.94. The number of ether oxygens (including phenoxy) is 1. The maximum atomic E-state index is 13.2. The Kier molecular flexibility index (Phi) is 5.08. The van der Waals surface area contributed by atoms with E-state index in [1.54, 1.807) is 0 Å². The number of halogens is 6. The molecule has 0 aliphatic carbocycles. The predicted molar refractivity (Wildman–Crippen MR) is 76.3 cm³/mol. The number of alkyl halides is 6. The van der Waals surface area contributed by atoms with Crippen LogP contribution in [0.15, 0.2) is 42.5 Å². The van der Waals surface area contributed by atoms with Gasteiger partial charge in [-0.25, -0.2) is 0 Å². The first-order chi connectivity index (χ1) is 11.1. The van der Waals surface area contributed by atoms with Crippen molar-refractivity contribution in [2.24, 2.45) is 5.73 Å². The molecule has 2 nitrogen and oxygen atoms in total. The van der Waals surface area contributed by atoms with Crippen LogP contribution in [0.2, 0.25) is 0 Å². The Morgan fingerprint density at radius 2 is 1.58 bits per heavy atom. The van der Waals surface area contributed by atoms with E-state index in [1.807, 2.05) is 0 Å². The Labute approximate surface area is 133 Å². The molecule has 8 heteroatoms. The molecule has 130 valence electrons. The van der Waals surface area contributed by atoms with Crippen LogP contribution in [0, 0.1) is 0 Å². The van der Waals surface area contributed by atoms with E-state index in [0.29, 0.717) is 0 Å². The van der Waals surface area contributed by atoms with Gasteiger partial charge in [0.15, 0.2) is 0 Å². The molecule has 0 aliphatic rings. The normalized spacial score (nSPS) is 12.3. The fourth-order valence-electron chi connectivity index (χ4n) is 2.40. The molecular formula is C16H13F6NO. The highest BCUT2D eigenvalue weighted by Crippen LogP contribution is 2.38. The molecule has 2 aromatic carbocycles. The van der Waals surface area contributed by atoms with E-state index in [2.05, 4.69) is 4.74 Å². The first kappa shape index (κ1) is 18.1. The summed E-state index contributed by atoms with van der Waals surface area (Å²) < 4.78 is 80.2.